The topological polar surface area (TPSA) is 92.1 Å². The lowest BCUT2D eigenvalue weighted by atomic mass is 10.2. The number of para-hydroxylation sites is 1. The summed E-state index contributed by atoms with van der Waals surface area (Å²) in [6.45, 7) is 0.777. The summed E-state index contributed by atoms with van der Waals surface area (Å²) in [6, 6.07) is 12.7. The van der Waals surface area contributed by atoms with Gasteiger partial charge in [-0.1, -0.05) is 24.3 Å². The molecule has 28 heavy (non-hydrogen) atoms. The standard InChI is InChI=1S/C20H20N6O2/c27-18-11-16(13-26(18)17-6-2-1-3-7-17)24-20(28)23-12-15-5-4-8-22-19(15)25-10-9-21-14-25/h1-10,14,16H,11-13H2,(H2,23,24,28). The van der Waals surface area contributed by atoms with Gasteiger partial charge in [0.1, 0.15) is 12.1 Å². The lowest BCUT2D eigenvalue weighted by Crippen LogP contribution is -2.43. The zero-order chi connectivity index (χ0) is 19.3. The van der Waals surface area contributed by atoms with Crippen LogP contribution in [-0.2, 0) is 11.3 Å². The molecule has 0 spiro atoms. The highest BCUT2D eigenvalue weighted by Gasteiger charge is 2.31. The summed E-state index contributed by atoms with van der Waals surface area (Å²) in [7, 11) is 0. The summed E-state index contributed by atoms with van der Waals surface area (Å²) in [5.41, 5.74) is 1.71. The number of carbonyl (C=O) groups is 2. The molecule has 1 aliphatic rings. The molecule has 1 atom stereocenters. The van der Waals surface area contributed by atoms with Gasteiger partial charge in [0.05, 0.1) is 6.04 Å². The third-order valence-corrected chi connectivity index (χ3v) is 4.58. The SMILES string of the molecule is O=C(NCc1cccnc1-n1ccnc1)NC1CC(=O)N(c2ccccc2)C1. The van der Waals surface area contributed by atoms with Gasteiger partial charge in [0, 0.05) is 49.4 Å². The fraction of sp³-hybridized carbons (Fsp3) is 0.200. The number of imidazole rings is 1. The predicted octanol–water partition coefficient (Wildman–Crippen LogP) is 1.87. The van der Waals surface area contributed by atoms with E-state index in [9.17, 15) is 9.59 Å². The van der Waals surface area contributed by atoms with E-state index >= 15 is 0 Å². The van der Waals surface area contributed by atoms with Crippen LogP contribution in [0.3, 0.4) is 0 Å². The van der Waals surface area contributed by atoms with Crippen molar-refractivity contribution >= 4 is 17.6 Å². The lowest BCUT2D eigenvalue weighted by molar-refractivity contribution is -0.117. The molecule has 1 saturated heterocycles. The minimum atomic E-state index is -0.312. The first-order valence-electron chi connectivity index (χ1n) is 9.03. The Labute approximate surface area is 162 Å². The van der Waals surface area contributed by atoms with Gasteiger partial charge < -0.3 is 15.5 Å². The molecule has 1 fully saturated rings. The Kier molecular flexibility index (Phi) is 5.01. The second-order valence-electron chi connectivity index (χ2n) is 6.52. The number of rotatable bonds is 5. The zero-order valence-corrected chi connectivity index (χ0v) is 15.2. The molecule has 0 radical (unpaired) electrons. The van der Waals surface area contributed by atoms with Crippen molar-refractivity contribution in [1.29, 1.82) is 0 Å². The Morgan fingerprint density at radius 1 is 1.14 bits per heavy atom. The number of urea groups is 1. The van der Waals surface area contributed by atoms with E-state index in [-0.39, 0.29) is 24.4 Å². The van der Waals surface area contributed by atoms with Gasteiger partial charge >= 0.3 is 6.03 Å². The van der Waals surface area contributed by atoms with Gasteiger partial charge in [0.2, 0.25) is 5.91 Å². The number of amides is 3. The van der Waals surface area contributed by atoms with E-state index in [1.807, 2.05) is 42.5 Å². The van der Waals surface area contributed by atoms with E-state index in [2.05, 4.69) is 20.6 Å². The fourth-order valence-electron chi connectivity index (χ4n) is 3.26. The van der Waals surface area contributed by atoms with E-state index < -0.39 is 0 Å². The Balaban J connectivity index is 1.34. The number of anilines is 1. The summed E-state index contributed by atoms with van der Waals surface area (Å²) in [5.74, 6) is 0.720. The summed E-state index contributed by atoms with van der Waals surface area (Å²) in [5, 5.41) is 5.73. The van der Waals surface area contributed by atoms with Crippen molar-refractivity contribution in [2.75, 3.05) is 11.4 Å². The molecule has 3 amide bonds. The van der Waals surface area contributed by atoms with Crippen molar-refractivity contribution < 1.29 is 9.59 Å². The second kappa shape index (κ2) is 7.91. The number of carbonyl (C=O) groups excluding carboxylic acids is 2. The third kappa shape index (κ3) is 3.85. The van der Waals surface area contributed by atoms with Crippen molar-refractivity contribution in [1.82, 2.24) is 25.2 Å². The summed E-state index contributed by atoms with van der Waals surface area (Å²) >= 11 is 0. The van der Waals surface area contributed by atoms with E-state index in [1.54, 1.807) is 34.4 Å². The monoisotopic (exact) mass is 376 g/mol. The molecule has 1 aromatic carbocycles. The molecule has 2 N–H and O–H groups in total. The summed E-state index contributed by atoms with van der Waals surface area (Å²) in [4.78, 5) is 34.7. The molecule has 2 aromatic heterocycles. The Morgan fingerprint density at radius 2 is 2.00 bits per heavy atom. The Bertz CT molecular complexity index is 958. The number of benzene rings is 1. The molecule has 142 valence electrons. The number of hydrogen-bond acceptors (Lipinski definition) is 4. The summed E-state index contributed by atoms with van der Waals surface area (Å²) in [6.07, 6.45) is 7.12. The van der Waals surface area contributed by atoms with Crippen LogP contribution in [0.4, 0.5) is 10.5 Å². The van der Waals surface area contributed by atoms with Crippen LogP contribution in [0.5, 0.6) is 0 Å². The number of hydrogen-bond donors (Lipinski definition) is 2. The smallest absolute Gasteiger partial charge is 0.315 e. The van der Waals surface area contributed by atoms with Crippen molar-refractivity contribution in [2.45, 2.75) is 19.0 Å². The molecule has 3 aromatic rings. The Morgan fingerprint density at radius 3 is 2.79 bits per heavy atom. The highest BCUT2D eigenvalue weighted by molar-refractivity contribution is 5.96. The highest BCUT2D eigenvalue weighted by atomic mass is 16.2. The van der Waals surface area contributed by atoms with Gasteiger partial charge in [0.15, 0.2) is 0 Å². The normalized spacial score (nSPS) is 16.2. The van der Waals surface area contributed by atoms with Crippen molar-refractivity contribution in [2.24, 2.45) is 0 Å². The second-order valence-corrected chi connectivity index (χ2v) is 6.52. The largest absolute Gasteiger partial charge is 0.334 e. The molecule has 3 heterocycles. The maximum absolute atomic E-state index is 12.3. The van der Waals surface area contributed by atoms with E-state index in [0.29, 0.717) is 18.9 Å². The molecule has 1 unspecified atom stereocenters. The van der Waals surface area contributed by atoms with Gasteiger partial charge in [-0.3, -0.25) is 9.36 Å². The van der Waals surface area contributed by atoms with Gasteiger partial charge in [-0.15, -0.1) is 0 Å². The third-order valence-electron chi connectivity index (χ3n) is 4.58. The first kappa shape index (κ1) is 17.7. The lowest BCUT2D eigenvalue weighted by Gasteiger charge is -2.17. The average Bonchev–Trinajstić information content (AvgIpc) is 3.37. The molecule has 8 nitrogen and oxygen atoms in total. The Hall–Kier alpha value is -3.68. The van der Waals surface area contributed by atoms with Gasteiger partial charge in [-0.05, 0) is 18.2 Å². The molecule has 0 saturated carbocycles. The van der Waals surface area contributed by atoms with E-state index in [4.69, 9.17) is 0 Å². The molecular formula is C20H20N6O2. The minimum absolute atomic E-state index is 0.00570. The number of pyridine rings is 1. The van der Waals surface area contributed by atoms with Crippen LogP contribution in [0.1, 0.15) is 12.0 Å². The minimum Gasteiger partial charge on any atom is -0.334 e. The van der Waals surface area contributed by atoms with Gasteiger partial charge in [0.25, 0.3) is 0 Å². The first-order chi connectivity index (χ1) is 13.7. The van der Waals surface area contributed by atoms with Crippen LogP contribution in [0.25, 0.3) is 5.82 Å². The quantitative estimate of drug-likeness (QED) is 0.711. The maximum Gasteiger partial charge on any atom is 0.315 e. The fourth-order valence-corrected chi connectivity index (χ4v) is 3.26. The van der Waals surface area contributed by atoms with Crippen molar-refractivity contribution in [3.05, 3.63) is 72.9 Å². The van der Waals surface area contributed by atoms with E-state index in [0.717, 1.165) is 11.3 Å². The van der Waals surface area contributed by atoms with Crippen LogP contribution in [0.2, 0.25) is 0 Å². The first-order valence-corrected chi connectivity index (χ1v) is 9.03. The summed E-state index contributed by atoms with van der Waals surface area (Å²) < 4.78 is 1.79. The zero-order valence-electron chi connectivity index (χ0n) is 15.2. The highest BCUT2D eigenvalue weighted by Crippen LogP contribution is 2.21. The molecule has 0 bridgehead atoms. The van der Waals surface area contributed by atoms with Crippen LogP contribution in [0.15, 0.2) is 67.4 Å². The molecule has 8 heteroatoms. The maximum atomic E-state index is 12.3. The number of aromatic nitrogens is 3. The predicted molar refractivity (Wildman–Crippen MR) is 104 cm³/mol. The van der Waals surface area contributed by atoms with E-state index in [1.165, 1.54) is 0 Å². The van der Waals surface area contributed by atoms with Gasteiger partial charge in [-0.25, -0.2) is 14.8 Å². The number of nitrogens with one attached hydrogen (secondary N) is 2. The van der Waals surface area contributed by atoms with Crippen molar-refractivity contribution in [3.8, 4) is 5.82 Å². The molecular weight excluding hydrogens is 356 g/mol. The molecule has 0 aliphatic carbocycles. The molecule has 4 rings (SSSR count). The van der Waals surface area contributed by atoms with Crippen molar-refractivity contribution in [3.63, 3.8) is 0 Å². The molecule has 1 aliphatic heterocycles. The van der Waals surface area contributed by atoms with Crippen LogP contribution in [-0.4, -0.2) is 39.1 Å². The van der Waals surface area contributed by atoms with Crippen LogP contribution >= 0.6 is 0 Å². The van der Waals surface area contributed by atoms with Gasteiger partial charge in [-0.2, -0.15) is 0 Å². The average molecular weight is 376 g/mol. The number of nitrogens with zero attached hydrogens (tertiary/aromatic N) is 4. The van der Waals surface area contributed by atoms with Crippen LogP contribution in [0, 0.1) is 0 Å². The van der Waals surface area contributed by atoms with Crippen LogP contribution < -0.4 is 15.5 Å².